The maximum Gasteiger partial charge on any atom is 0.161 e. The Balaban J connectivity index is 1.93. The van der Waals surface area contributed by atoms with Crippen molar-refractivity contribution in [2.24, 2.45) is 7.05 Å². The fraction of sp³-hybridized carbons (Fsp3) is 0.125. The lowest BCUT2D eigenvalue weighted by Crippen LogP contribution is -1.93. The predicted octanol–water partition coefficient (Wildman–Crippen LogP) is 2.64. The van der Waals surface area contributed by atoms with Crippen molar-refractivity contribution in [1.82, 2.24) is 29.4 Å². The average molecular weight is 308 g/mol. The molecule has 6 nitrogen and oxygen atoms in total. The van der Waals surface area contributed by atoms with Gasteiger partial charge in [0, 0.05) is 36.1 Å². The number of halogens is 1. The van der Waals surface area contributed by atoms with Crippen molar-refractivity contribution < 1.29 is 4.39 Å². The van der Waals surface area contributed by atoms with Crippen LogP contribution in [-0.4, -0.2) is 29.4 Å². The Bertz CT molecular complexity index is 1020. The Hall–Kier alpha value is -3.09. The minimum absolute atomic E-state index is 0.382. The molecular formula is C16H13FN6. The van der Waals surface area contributed by atoms with Gasteiger partial charge in [-0.05, 0) is 25.1 Å². The van der Waals surface area contributed by atoms with Crippen LogP contribution >= 0.6 is 0 Å². The van der Waals surface area contributed by atoms with Crippen molar-refractivity contribution >= 4 is 5.65 Å². The molecule has 0 spiro atoms. The van der Waals surface area contributed by atoms with Crippen LogP contribution in [0.25, 0.3) is 28.0 Å². The summed E-state index contributed by atoms with van der Waals surface area (Å²) in [5.41, 5.74) is 3.76. The smallest absolute Gasteiger partial charge is 0.161 e. The van der Waals surface area contributed by atoms with E-state index in [0.29, 0.717) is 11.3 Å². The summed E-state index contributed by atoms with van der Waals surface area (Å²) in [6.07, 6.45) is 6.63. The van der Waals surface area contributed by atoms with E-state index in [9.17, 15) is 4.39 Å². The van der Waals surface area contributed by atoms with E-state index < -0.39 is 0 Å². The number of hydrogen-bond donors (Lipinski definition) is 0. The van der Waals surface area contributed by atoms with Gasteiger partial charge in [0.1, 0.15) is 11.6 Å². The second-order valence-corrected chi connectivity index (χ2v) is 5.34. The van der Waals surface area contributed by atoms with Crippen LogP contribution in [0.3, 0.4) is 0 Å². The summed E-state index contributed by atoms with van der Waals surface area (Å²) in [7, 11) is 1.82. The van der Waals surface area contributed by atoms with E-state index in [2.05, 4.69) is 20.3 Å². The molecule has 4 aromatic heterocycles. The maximum atomic E-state index is 13.7. The topological polar surface area (TPSA) is 60.9 Å². The van der Waals surface area contributed by atoms with Gasteiger partial charge in [-0.25, -0.2) is 4.39 Å². The van der Waals surface area contributed by atoms with E-state index >= 15 is 0 Å². The first-order valence-corrected chi connectivity index (χ1v) is 7.08. The molecule has 0 saturated heterocycles. The Morgan fingerprint density at radius 1 is 1.09 bits per heavy atom. The summed E-state index contributed by atoms with van der Waals surface area (Å²) in [5.74, 6) is 0.429. The number of aryl methyl sites for hydroxylation is 2. The second kappa shape index (κ2) is 4.98. The van der Waals surface area contributed by atoms with Crippen molar-refractivity contribution in [2.75, 3.05) is 0 Å². The highest BCUT2D eigenvalue weighted by Gasteiger charge is 2.13. The van der Waals surface area contributed by atoms with E-state index in [1.165, 1.54) is 12.3 Å². The van der Waals surface area contributed by atoms with Crippen LogP contribution in [0, 0.1) is 12.7 Å². The molecule has 0 amide bonds. The van der Waals surface area contributed by atoms with Crippen molar-refractivity contribution in [3.8, 4) is 22.4 Å². The van der Waals surface area contributed by atoms with Crippen LogP contribution in [0.2, 0.25) is 0 Å². The van der Waals surface area contributed by atoms with Crippen LogP contribution < -0.4 is 0 Å². The number of nitrogens with zero attached hydrogens (tertiary/aromatic N) is 6. The van der Waals surface area contributed by atoms with Gasteiger partial charge in [-0.1, -0.05) is 0 Å². The Kier molecular flexibility index (Phi) is 2.94. The van der Waals surface area contributed by atoms with Gasteiger partial charge < -0.3 is 0 Å². The molecule has 23 heavy (non-hydrogen) atoms. The molecule has 0 fully saturated rings. The number of aromatic nitrogens is 6. The molecule has 0 atom stereocenters. The number of rotatable bonds is 2. The van der Waals surface area contributed by atoms with Crippen LogP contribution in [0.5, 0.6) is 0 Å². The molecule has 0 aliphatic heterocycles. The number of pyridine rings is 2. The summed E-state index contributed by atoms with van der Waals surface area (Å²) >= 11 is 0. The number of hydrogen-bond acceptors (Lipinski definition) is 4. The number of fused-ring (bicyclic) bond motifs is 1. The molecule has 7 heteroatoms. The first-order valence-electron chi connectivity index (χ1n) is 7.08. The fourth-order valence-electron chi connectivity index (χ4n) is 2.61. The Morgan fingerprint density at radius 3 is 2.74 bits per heavy atom. The summed E-state index contributed by atoms with van der Waals surface area (Å²) in [4.78, 5) is 4.28. The lowest BCUT2D eigenvalue weighted by Gasteiger charge is -2.08. The van der Waals surface area contributed by atoms with Gasteiger partial charge in [-0.15, -0.1) is 10.2 Å². The highest BCUT2D eigenvalue weighted by atomic mass is 19.1. The van der Waals surface area contributed by atoms with Crippen LogP contribution in [-0.2, 0) is 7.05 Å². The molecule has 0 saturated carbocycles. The first kappa shape index (κ1) is 13.6. The second-order valence-electron chi connectivity index (χ2n) is 5.34. The third-order valence-corrected chi connectivity index (χ3v) is 3.72. The molecule has 4 heterocycles. The third-order valence-electron chi connectivity index (χ3n) is 3.72. The molecule has 4 aromatic rings. The Labute approximate surface area is 131 Å². The van der Waals surface area contributed by atoms with Crippen molar-refractivity contribution in [1.29, 1.82) is 0 Å². The molecule has 0 N–H and O–H groups in total. The molecule has 0 radical (unpaired) electrons. The highest BCUT2D eigenvalue weighted by Crippen LogP contribution is 2.31. The van der Waals surface area contributed by atoms with Gasteiger partial charge in [0.2, 0.25) is 0 Å². The predicted molar refractivity (Wildman–Crippen MR) is 83.1 cm³/mol. The molecule has 0 aromatic carbocycles. The SMILES string of the molecule is Cc1nnc2cc(-c3ncc(F)cc3-c3cnn(C)c3)ccn12. The fourth-order valence-corrected chi connectivity index (χ4v) is 2.61. The zero-order valence-corrected chi connectivity index (χ0v) is 12.6. The van der Waals surface area contributed by atoms with Gasteiger partial charge in [-0.3, -0.25) is 14.1 Å². The minimum atomic E-state index is -0.382. The molecule has 0 aliphatic carbocycles. The molecule has 0 aliphatic rings. The van der Waals surface area contributed by atoms with E-state index in [1.54, 1.807) is 10.9 Å². The molecule has 4 rings (SSSR count). The van der Waals surface area contributed by atoms with Gasteiger partial charge in [-0.2, -0.15) is 5.10 Å². The normalized spacial score (nSPS) is 11.3. The van der Waals surface area contributed by atoms with Gasteiger partial charge >= 0.3 is 0 Å². The van der Waals surface area contributed by atoms with Crippen LogP contribution in [0.1, 0.15) is 5.82 Å². The monoisotopic (exact) mass is 308 g/mol. The van der Waals surface area contributed by atoms with E-state index in [0.717, 1.165) is 22.6 Å². The van der Waals surface area contributed by atoms with Crippen LogP contribution in [0.4, 0.5) is 4.39 Å². The zero-order chi connectivity index (χ0) is 16.0. The summed E-state index contributed by atoms with van der Waals surface area (Å²) in [6.45, 7) is 1.89. The summed E-state index contributed by atoms with van der Waals surface area (Å²) in [5, 5.41) is 12.3. The maximum absolute atomic E-state index is 13.7. The summed E-state index contributed by atoms with van der Waals surface area (Å²) < 4.78 is 17.3. The molecule has 0 bridgehead atoms. The van der Waals surface area contributed by atoms with E-state index in [4.69, 9.17) is 0 Å². The largest absolute Gasteiger partial charge is 0.287 e. The minimum Gasteiger partial charge on any atom is -0.287 e. The quantitative estimate of drug-likeness (QED) is 0.571. The highest BCUT2D eigenvalue weighted by molar-refractivity contribution is 5.81. The van der Waals surface area contributed by atoms with Gasteiger partial charge in [0.15, 0.2) is 5.65 Å². The van der Waals surface area contributed by atoms with Crippen molar-refractivity contribution in [3.63, 3.8) is 0 Å². The lowest BCUT2D eigenvalue weighted by atomic mass is 10.0. The van der Waals surface area contributed by atoms with Gasteiger partial charge in [0.05, 0.1) is 18.1 Å². The van der Waals surface area contributed by atoms with Crippen molar-refractivity contribution in [3.05, 3.63) is 54.6 Å². The lowest BCUT2D eigenvalue weighted by molar-refractivity contribution is 0.622. The third kappa shape index (κ3) is 2.26. The zero-order valence-electron chi connectivity index (χ0n) is 12.6. The van der Waals surface area contributed by atoms with Gasteiger partial charge in [0.25, 0.3) is 0 Å². The molecular weight excluding hydrogens is 295 g/mol. The van der Waals surface area contributed by atoms with E-state index in [-0.39, 0.29) is 5.82 Å². The van der Waals surface area contributed by atoms with E-state index in [1.807, 2.05) is 42.9 Å². The summed E-state index contributed by atoms with van der Waals surface area (Å²) in [6, 6.07) is 5.28. The molecule has 114 valence electrons. The average Bonchev–Trinajstić information content (AvgIpc) is 3.13. The molecule has 0 unspecified atom stereocenters. The standard InChI is InChI=1S/C16H13FN6/c1-10-20-21-15-5-11(3-4-23(10)15)16-14(6-13(17)8-18-16)12-7-19-22(2)9-12/h3-9H,1-2H3. The Morgan fingerprint density at radius 2 is 1.96 bits per heavy atom. The first-order chi connectivity index (χ1) is 11.1. The van der Waals surface area contributed by atoms with Crippen LogP contribution in [0.15, 0.2) is 43.0 Å². The van der Waals surface area contributed by atoms with Crippen molar-refractivity contribution in [2.45, 2.75) is 6.92 Å².